The predicted octanol–water partition coefficient (Wildman–Crippen LogP) is 6.90. The fourth-order valence-electron chi connectivity index (χ4n) is 3.38. The van der Waals surface area contributed by atoms with E-state index in [1.54, 1.807) is 43.5 Å². The summed E-state index contributed by atoms with van der Waals surface area (Å²) in [5.74, 6) is -0.0919. The Kier molecular flexibility index (Phi) is 8.43. The van der Waals surface area contributed by atoms with Gasteiger partial charge in [0.25, 0.3) is 5.91 Å². The molecular weight excluding hydrogens is 535 g/mol. The normalized spacial score (nSPS) is 15.5. The zero-order valence-corrected chi connectivity index (χ0v) is 22.2. The Morgan fingerprint density at radius 3 is 2.46 bits per heavy atom. The molecule has 3 aromatic carbocycles. The number of carbonyl (C=O) groups is 2. The van der Waals surface area contributed by atoms with E-state index in [4.69, 9.17) is 37.8 Å². The van der Waals surface area contributed by atoms with E-state index >= 15 is 0 Å². The summed E-state index contributed by atoms with van der Waals surface area (Å²) < 4.78 is 11.7. The minimum absolute atomic E-state index is 0.169. The number of ether oxygens (including phenoxy) is 2. The smallest absolute Gasteiger partial charge is 0.335 e. The highest BCUT2D eigenvalue weighted by Gasteiger charge is 2.30. The van der Waals surface area contributed by atoms with Crippen molar-refractivity contribution < 1.29 is 24.2 Å². The van der Waals surface area contributed by atoms with Gasteiger partial charge in [-0.3, -0.25) is 9.69 Å². The van der Waals surface area contributed by atoms with Crippen molar-refractivity contribution in [3.05, 3.63) is 92.3 Å². The average Bonchev–Trinajstić information content (AvgIpc) is 3.13. The van der Waals surface area contributed by atoms with Gasteiger partial charge >= 0.3 is 5.97 Å². The number of rotatable bonds is 8. The van der Waals surface area contributed by atoms with Crippen molar-refractivity contribution in [2.24, 2.45) is 4.99 Å². The highest BCUT2D eigenvalue weighted by atomic mass is 35.5. The Labute approximate surface area is 228 Å². The molecule has 0 aromatic heterocycles. The third-order valence-corrected chi connectivity index (χ3v) is 7.09. The van der Waals surface area contributed by atoms with Gasteiger partial charge in [-0.2, -0.15) is 0 Å². The van der Waals surface area contributed by atoms with Crippen molar-refractivity contribution in [1.82, 2.24) is 4.90 Å². The fourth-order valence-corrected chi connectivity index (χ4v) is 4.69. The topological polar surface area (TPSA) is 88.4 Å². The van der Waals surface area contributed by atoms with Crippen molar-refractivity contribution in [2.75, 3.05) is 13.7 Å². The first-order chi connectivity index (χ1) is 17.7. The number of amides is 1. The van der Waals surface area contributed by atoms with E-state index in [2.05, 4.69) is 4.99 Å². The molecule has 0 bridgehead atoms. The second-order valence-electron chi connectivity index (χ2n) is 7.90. The molecule has 7 nitrogen and oxygen atoms in total. The SMILES string of the molecule is CCOc1cc(C=C2SC(=Nc3ccc(C(=O)O)cc3)N(C)C2=O)ccc1OCc1ccc(Cl)c(Cl)c1. The lowest BCUT2D eigenvalue weighted by Gasteiger charge is -2.13. The number of aromatic carboxylic acids is 1. The zero-order valence-electron chi connectivity index (χ0n) is 19.9. The van der Waals surface area contributed by atoms with Crippen LogP contribution < -0.4 is 9.47 Å². The Morgan fingerprint density at radius 1 is 1.03 bits per heavy atom. The van der Waals surface area contributed by atoms with Crippen LogP contribution in [0.5, 0.6) is 11.5 Å². The molecule has 1 amide bonds. The lowest BCUT2D eigenvalue weighted by molar-refractivity contribution is -0.121. The van der Waals surface area contributed by atoms with Gasteiger partial charge in [0.15, 0.2) is 16.7 Å². The van der Waals surface area contributed by atoms with Crippen molar-refractivity contribution in [3.8, 4) is 11.5 Å². The third kappa shape index (κ3) is 6.46. The summed E-state index contributed by atoms with van der Waals surface area (Å²) in [7, 11) is 1.65. The summed E-state index contributed by atoms with van der Waals surface area (Å²) in [6.07, 6.45) is 1.77. The number of carbonyl (C=O) groups excluding carboxylic acids is 1. The number of aliphatic imine (C=N–C) groups is 1. The number of halogens is 2. The Morgan fingerprint density at radius 2 is 1.78 bits per heavy atom. The summed E-state index contributed by atoms with van der Waals surface area (Å²) in [6.45, 7) is 2.60. The first-order valence-electron chi connectivity index (χ1n) is 11.2. The number of carboxylic acids is 1. The molecule has 0 radical (unpaired) electrons. The van der Waals surface area contributed by atoms with Crippen LogP contribution in [0.15, 0.2) is 70.6 Å². The molecule has 1 saturated heterocycles. The summed E-state index contributed by atoms with van der Waals surface area (Å²) in [4.78, 5) is 30.3. The number of hydrogen-bond acceptors (Lipinski definition) is 6. The number of carboxylic acid groups (broad SMARTS) is 1. The fraction of sp³-hybridized carbons (Fsp3) is 0.148. The van der Waals surface area contributed by atoms with Crippen LogP contribution in [0.3, 0.4) is 0 Å². The van der Waals surface area contributed by atoms with Gasteiger partial charge in [-0.05, 0) is 84.4 Å². The van der Waals surface area contributed by atoms with E-state index in [-0.39, 0.29) is 18.1 Å². The molecule has 1 fully saturated rings. The van der Waals surface area contributed by atoms with E-state index in [0.29, 0.717) is 43.9 Å². The molecule has 4 rings (SSSR count). The van der Waals surface area contributed by atoms with E-state index in [0.717, 1.165) is 11.1 Å². The van der Waals surface area contributed by atoms with Gasteiger partial charge in [-0.25, -0.2) is 9.79 Å². The maximum absolute atomic E-state index is 12.8. The van der Waals surface area contributed by atoms with Crippen molar-refractivity contribution in [1.29, 1.82) is 0 Å². The van der Waals surface area contributed by atoms with Gasteiger partial charge in [0.2, 0.25) is 0 Å². The first-order valence-corrected chi connectivity index (χ1v) is 12.8. The molecule has 0 aliphatic carbocycles. The molecule has 0 saturated carbocycles. The van der Waals surface area contributed by atoms with Crippen molar-refractivity contribution in [3.63, 3.8) is 0 Å². The van der Waals surface area contributed by atoms with Crippen LogP contribution in [0.25, 0.3) is 6.08 Å². The van der Waals surface area contributed by atoms with Crippen molar-refractivity contribution >= 4 is 63.8 Å². The molecular formula is C27H22Cl2N2O5S. The standard InChI is InChI=1S/C27H22Cl2N2O5S/c1-3-35-23-13-16(5-11-22(23)36-15-17-4-10-20(28)21(29)12-17)14-24-25(32)31(2)27(37-24)30-19-8-6-18(7-9-19)26(33)34/h4-14H,3,15H2,1-2H3,(H,33,34). The van der Waals surface area contributed by atoms with Crippen LogP contribution in [0.2, 0.25) is 10.0 Å². The van der Waals surface area contributed by atoms with E-state index < -0.39 is 5.97 Å². The number of hydrogen-bond donors (Lipinski definition) is 1. The molecule has 0 spiro atoms. The summed E-state index contributed by atoms with van der Waals surface area (Å²) in [6, 6.07) is 16.9. The number of benzene rings is 3. The second kappa shape index (κ2) is 11.7. The van der Waals surface area contributed by atoms with Gasteiger partial charge < -0.3 is 14.6 Å². The molecule has 1 aliphatic heterocycles. The minimum atomic E-state index is -1.01. The summed E-state index contributed by atoms with van der Waals surface area (Å²) >= 11 is 13.3. The van der Waals surface area contributed by atoms with E-state index in [1.807, 2.05) is 25.1 Å². The van der Waals surface area contributed by atoms with Crippen LogP contribution in [-0.2, 0) is 11.4 Å². The maximum atomic E-state index is 12.8. The second-order valence-corrected chi connectivity index (χ2v) is 9.72. The predicted molar refractivity (Wildman–Crippen MR) is 147 cm³/mol. The largest absolute Gasteiger partial charge is 0.490 e. The first kappa shape index (κ1) is 26.6. The molecule has 3 aromatic rings. The summed E-state index contributed by atoms with van der Waals surface area (Å²) in [5.41, 5.74) is 2.35. The molecule has 1 N–H and O–H groups in total. The molecule has 0 unspecified atom stereocenters. The molecule has 1 aliphatic rings. The number of amidine groups is 1. The van der Waals surface area contributed by atoms with Gasteiger partial charge in [0, 0.05) is 7.05 Å². The molecule has 190 valence electrons. The number of nitrogens with zero attached hydrogens (tertiary/aromatic N) is 2. The van der Waals surface area contributed by atoms with Crippen LogP contribution in [-0.4, -0.2) is 40.7 Å². The maximum Gasteiger partial charge on any atom is 0.335 e. The van der Waals surface area contributed by atoms with Crippen LogP contribution >= 0.6 is 35.0 Å². The highest BCUT2D eigenvalue weighted by molar-refractivity contribution is 8.18. The van der Waals surface area contributed by atoms with Crippen LogP contribution in [0.4, 0.5) is 5.69 Å². The monoisotopic (exact) mass is 556 g/mol. The summed E-state index contributed by atoms with van der Waals surface area (Å²) in [5, 5.41) is 10.5. The molecule has 37 heavy (non-hydrogen) atoms. The molecule has 0 atom stereocenters. The Hall–Kier alpha value is -3.46. The molecule has 10 heteroatoms. The van der Waals surface area contributed by atoms with Gasteiger partial charge in [0.05, 0.1) is 32.8 Å². The molecule has 1 heterocycles. The minimum Gasteiger partial charge on any atom is -0.490 e. The van der Waals surface area contributed by atoms with E-state index in [9.17, 15) is 9.59 Å². The average molecular weight is 557 g/mol. The lowest BCUT2D eigenvalue weighted by Crippen LogP contribution is -2.23. The number of likely N-dealkylation sites (N-methyl/N-ethyl adjacent to an activating group) is 1. The van der Waals surface area contributed by atoms with Crippen LogP contribution in [0, 0.1) is 0 Å². The lowest BCUT2D eigenvalue weighted by atomic mass is 10.1. The van der Waals surface area contributed by atoms with E-state index in [1.165, 1.54) is 28.8 Å². The third-order valence-electron chi connectivity index (χ3n) is 5.29. The number of thioether (sulfide) groups is 1. The zero-order chi connectivity index (χ0) is 26.5. The van der Waals surface area contributed by atoms with Gasteiger partial charge in [-0.1, -0.05) is 35.3 Å². The Balaban J connectivity index is 1.52. The van der Waals surface area contributed by atoms with Crippen molar-refractivity contribution in [2.45, 2.75) is 13.5 Å². The van der Waals surface area contributed by atoms with Crippen LogP contribution in [0.1, 0.15) is 28.4 Å². The quantitative estimate of drug-likeness (QED) is 0.303. The van der Waals surface area contributed by atoms with Gasteiger partial charge in [-0.15, -0.1) is 0 Å². The van der Waals surface area contributed by atoms with Gasteiger partial charge in [0.1, 0.15) is 6.61 Å². The Bertz CT molecular complexity index is 1410. The highest BCUT2D eigenvalue weighted by Crippen LogP contribution is 2.35.